The van der Waals surface area contributed by atoms with Crippen molar-refractivity contribution in [2.75, 3.05) is 27.4 Å². The zero-order chi connectivity index (χ0) is 27.8. The van der Waals surface area contributed by atoms with Gasteiger partial charge >= 0.3 is 5.97 Å². The van der Waals surface area contributed by atoms with E-state index in [2.05, 4.69) is 5.32 Å². The molecule has 1 aliphatic rings. The molecule has 0 spiro atoms. The van der Waals surface area contributed by atoms with Crippen LogP contribution in [0.25, 0.3) is 11.1 Å². The van der Waals surface area contributed by atoms with E-state index in [1.54, 1.807) is 14.2 Å². The number of esters is 1. The minimum Gasteiger partial charge on any atom is -0.493 e. The second kappa shape index (κ2) is 12.8. The third kappa shape index (κ3) is 7.28. The molecule has 3 aromatic carbocycles. The highest BCUT2D eigenvalue weighted by Gasteiger charge is 2.34. The Kier molecular flexibility index (Phi) is 9.04. The number of nitrogens with two attached hydrogens (primary N) is 1. The number of carbonyl (C=O) groups is 2. The Hall–Kier alpha value is -4.53. The summed E-state index contributed by atoms with van der Waals surface area (Å²) in [7, 11) is 3.15. The van der Waals surface area contributed by atoms with Gasteiger partial charge in [-0.2, -0.15) is 0 Å². The van der Waals surface area contributed by atoms with Crippen molar-refractivity contribution in [2.45, 2.75) is 25.3 Å². The topological polar surface area (TPSA) is 133 Å². The van der Waals surface area contributed by atoms with Gasteiger partial charge in [-0.1, -0.05) is 42.5 Å². The zero-order valence-corrected chi connectivity index (χ0v) is 22.1. The summed E-state index contributed by atoms with van der Waals surface area (Å²) in [5.41, 5.74) is 9.17. The fourth-order valence-electron chi connectivity index (χ4n) is 4.48. The lowest BCUT2D eigenvalue weighted by molar-refractivity contribution is -0.146. The van der Waals surface area contributed by atoms with Crippen LogP contribution in [0, 0.1) is 11.3 Å². The Morgan fingerprint density at radius 1 is 0.974 bits per heavy atom. The van der Waals surface area contributed by atoms with E-state index in [4.69, 9.17) is 30.1 Å². The van der Waals surface area contributed by atoms with E-state index in [1.807, 2.05) is 66.7 Å². The van der Waals surface area contributed by atoms with Gasteiger partial charge in [-0.3, -0.25) is 15.0 Å². The first kappa shape index (κ1) is 27.5. The molecule has 0 saturated carbocycles. The third-order valence-corrected chi connectivity index (χ3v) is 6.64. The molecule has 2 atom stereocenters. The number of nitrogens with one attached hydrogen (secondary N) is 2. The highest BCUT2D eigenvalue weighted by molar-refractivity contribution is 5.95. The summed E-state index contributed by atoms with van der Waals surface area (Å²) in [6.45, 7) is 0.523. The van der Waals surface area contributed by atoms with Crippen LogP contribution >= 0.6 is 0 Å². The molecule has 1 heterocycles. The van der Waals surface area contributed by atoms with Crippen LogP contribution in [-0.2, 0) is 20.7 Å². The molecule has 0 unspecified atom stereocenters. The number of nitrogen functional groups attached to an aromatic ring is 1. The molecule has 39 heavy (non-hydrogen) atoms. The van der Waals surface area contributed by atoms with Gasteiger partial charge in [0.05, 0.1) is 39.2 Å². The van der Waals surface area contributed by atoms with E-state index >= 15 is 0 Å². The first-order valence-electron chi connectivity index (χ1n) is 12.7. The quantitative estimate of drug-likeness (QED) is 0.184. The van der Waals surface area contributed by atoms with Crippen LogP contribution in [-0.4, -0.2) is 51.2 Å². The van der Waals surface area contributed by atoms with Crippen LogP contribution in [0.2, 0.25) is 0 Å². The molecular formula is C30H33N3O6. The second-order valence-electron chi connectivity index (χ2n) is 9.33. The maximum atomic E-state index is 12.4. The van der Waals surface area contributed by atoms with Crippen molar-refractivity contribution in [3.63, 3.8) is 0 Å². The summed E-state index contributed by atoms with van der Waals surface area (Å²) in [4.78, 5) is 24.8. The number of rotatable bonds is 12. The average molecular weight is 532 g/mol. The minimum absolute atomic E-state index is 0.0331. The predicted octanol–water partition coefficient (Wildman–Crippen LogP) is 3.71. The minimum atomic E-state index is -0.437. The van der Waals surface area contributed by atoms with Crippen molar-refractivity contribution in [1.82, 2.24) is 5.32 Å². The second-order valence-corrected chi connectivity index (χ2v) is 9.33. The van der Waals surface area contributed by atoms with Crippen molar-refractivity contribution in [3.8, 4) is 28.4 Å². The standard InChI is InChI=1S/C30H33N3O6/c1-36-26-12-3-19(15-27(26)37-2)13-14-38-28(34)17-23-16-24(33-30(23)35)18-39-25-10-8-21(9-11-25)20-4-6-22(7-5-20)29(31)32/h3-12,15,23-24H,13-14,16-18H2,1-2H3,(H3,31,32)(H,33,35)/t23-,24-/m0/s1. The normalized spacial score (nSPS) is 16.3. The van der Waals surface area contributed by atoms with Crippen molar-refractivity contribution in [2.24, 2.45) is 11.7 Å². The fraction of sp³-hybridized carbons (Fsp3) is 0.300. The summed E-state index contributed by atoms with van der Waals surface area (Å²) in [5, 5.41) is 10.4. The number of hydrogen-bond donors (Lipinski definition) is 3. The van der Waals surface area contributed by atoms with Gasteiger partial charge < -0.3 is 30.0 Å². The van der Waals surface area contributed by atoms with Crippen LogP contribution < -0.4 is 25.3 Å². The van der Waals surface area contributed by atoms with Gasteiger partial charge in [-0.15, -0.1) is 0 Å². The Balaban J connectivity index is 1.20. The lowest BCUT2D eigenvalue weighted by Crippen LogP contribution is -2.31. The third-order valence-electron chi connectivity index (χ3n) is 6.64. The van der Waals surface area contributed by atoms with Gasteiger partial charge in [0.25, 0.3) is 0 Å². The van der Waals surface area contributed by atoms with Crippen LogP contribution in [0.4, 0.5) is 0 Å². The maximum Gasteiger partial charge on any atom is 0.306 e. The maximum absolute atomic E-state index is 12.4. The summed E-state index contributed by atoms with van der Waals surface area (Å²) in [5.74, 6) is 0.981. The molecule has 4 rings (SSSR count). The van der Waals surface area contributed by atoms with Crippen molar-refractivity contribution in [1.29, 1.82) is 5.41 Å². The number of carbonyl (C=O) groups excluding carboxylic acids is 2. The summed E-state index contributed by atoms with van der Waals surface area (Å²) in [6, 6.07) is 20.5. The fourth-order valence-corrected chi connectivity index (χ4v) is 4.48. The number of ether oxygens (including phenoxy) is 4. The van der Waals surface area contributed by atoms with E-state index < -0.39 is 11.9 Å². The lowest BCUT2D eigenvalue weighted by Gasteiger charge is -2.13. The van der Waals surface area contributed by atoms with Gasteiger partial charge in [0.1, 0.15) is 18.2 Å². The Bertz CT molecular complexity index is 1310. The number of amides is 1. The molecule has 204 valence electrons. The monoisotopic (exact) mass is 531 g/mol. The largest absolute Gasteiger partial charge is 0.493 e. The molecule has 9 nitrogen and oxygen atoms in total. The zero-order valence-electron chi connectivity index (χ0n) is 22.1. The van der Waals surface area contributed by atoms with E-state index in [1.165, 1.54) is 0 Å². The SMILES string of the molecule is COc1ccc(CCOC(=O)C[C@@H]2C[C@@H](COc3ccc(-c4ccc(C(=N)N)cc4)cc3)NC2=O)cc1OC. The number of benzene rings is 3. The summed E-state index contributed by atoms with van der Waals surface area (Å²) >= 11 is 0. The molecule has 4 N–H and O–H groups in total. The van der Waals surface area contributed by atoms with Crippen LogP contribution in [0.3, 0.4) is 0 Å². The van der Waals surface area contributed by atoms with Crippen molar-refractivity contribution in [3.05, 3.63) is 77.9 Å². The van der Waals surface area contributed by atoms with Gasteiger partial charge in [0, 0.05) is 12.0 Å². The number of amidine groups is 1. The first-order valence-corrected chi connectivity index (χ1v) is 12.7. The number of hydrogen-bond acceptors (Lipinski definition) is 7. The Labute approximate surface area is 227 Å². The predicted molar refractivity (Wildman–Crippen MR) is 147 cm³/mol. The van der Waals surface area contributed by atoms with Crippen LogP contribution in [0.1, 0.15) is 24.0 Å². The highest BCUT2D eigenvalue weighted by atomic mass is 16.5. The Morgan fingerprint density at radius 3 is 2.28 bits per heavy atom. The molecule has 3 aromatic rings. The highest BCUT2D eigenvalue weighted by Crippen LogP contribution is 2.28. The van der Waals surface area contributed by atoms with E-state index in [9.17, 15) is 9.59 Å². The van der Waals surface area contributed by atoms with Gasteiger partial charge in [-0.25, -0.2) is 0 Å². The lowest BCUT2D eigenvalue weighted by atomic mass is 10.0. The Morgan fingerprint density at radius 2 is 1.64 bits per heavy atom. The van der Waals surface area contributed by atoms with E-state index in [0.717, 1.165) is 16.7 Å². The molecule has 0 radical (unpaired) electrons. The van der Waals surface area contributed by atoms with Gasteiger partial charge in [0.15, 0.2) is 11.5 Å². The van der Waals surface area contributed by atoms with E-state index in [-0.39, 0.29) is 30.8 Å². The number of methoxy groups -OCH3 is 2. The average Bonchev–Trinajstić information content (AvgIpc) is 3.30. The molecular weight excluding hydrogens is 498 g/mol. The molecule has 1 aliphatic heterocycles. The molecule has 1 fully saturated rings. The molecule has 1 amide bonds. The molecule has 0 aliphatic carbocycles. The van der Waals surface area contributed by atoms with Gasteiger partial charge in [0.2, 0.25) is 5.91 Å². The molecule has 0 aromatic heterocycles. The van der Waals surface area contributed by atoms with Crippen LogP contribution in [0.15, 0.2) is 66.7 Å². The van der Waals surface area contributed by atoms with E-state index in [0.29, 0.717) is 42.3 Å². The molecule has 9 heteroatoms. The first-order chi connectivity index (χ1) is 18.9. The smallest absolute Gasteiger partial charge is 0.306 e. The molecule has 0 bridgehead atoms. The summed E-state index contributed by atoms with van der Waals surface area (Å²) < 4.78 is 21.8. The van der Waals surface area contributed by atoms with Gasteiger partial charge in [-0.05, 0) is 47.4 Å². The molecule has 1 saturated heterocycles. The summed E-state index contributed by atoms with van der Waals surface area (Å²) in [6.07, 6.45) is 1.07. The van der Waals surface area contributed by atoms with Crippen molar-refractivity contribution >= 4 is 17.7 Å². The van der Waals surface area contributed by atoms with Crippen molar-refractivity contribution < 1.29 is 28.5 Å². The van der Waals surface area contributed by atoms with Crippen LogP contribution in [0.5, 0.6) is 17.2 Å².